The standard InChI is InChI=1S/C15H10F4/c1-2-10-3-8-13(14(16)9-10)11-4-6-12(7-5-11)15(17,18)19/h2-9H,1H2. The van der Waals surface area contributed by atoms with Gasteiger partial charge >= 0.3 is 6.18 Å². The van der Waals surface area contributed by atoms with Crippen LogP contribution in [0.15, 0.2) is 49.0 Å². The highest BCUT2D eigenvalue weighted by molar-refractivity contribution is 5.66. The Morgan fingerprint density at radius 2 is 1.58 bits per heavy atom. The Balaban J connectivity index is 2.40. The second-order valence-corrected chi connectivity index (χ2v) is 4.02. The molecule has 0 radical (unpaired) electrons. The molecule has 0 bridgehead atoms. The Bertz CT molecular complexity index is 595. The molecule has 0 saturated heterocycles. The van der Waals surface area contributed by atoms with E-state index in [1.807, 2.05) is 0 Å². The van der Waals surface area contributed by atoms with Crippen LogP contribution in [0.1, 0.15) is 11.1 Å². The minimum absolute atomic E-state index is 0.263. The number of halogens is 4. The number of rotatable bonds is 2. The molecule has 0 saturated carbocycles. The second-order valence-electron chi connectivity index (χ2n) is 4.02. The van der Waals surface area contributed by atoms with Crippen LogP contribution in [0.5, 0.6) is 0 Å². The first-order valence-electron chi connectivity index (χ1n) is 5.51. The number of hydrogen-bond donors (Lipinski definition) is 0. The summed E-state index contributed by atoms with van der Waals surface area (Å²) < 4.78 is 51.0. The van der Waals surface area contributed by atoms with Gasteiger partial charge in [0, 0.05) is 5.56 Å². The molecular weight excluding hydrogens is 256 g/mol. The van der Waals surface area contributed by atoms with Crippen LogP contribution in [0.4, 0.5) is 17.6 Å². The van der Waals surface area contributed by atoms with E-state index >= 15 is 0 Å². The normalized spacial score (nSPS) is 11.4. The number of benzene rings is 2. The van der Waals surface area contributed by atoms with Crippen molar-refractivity contribution in [1.82, 2.24) is 0 Å². The zero-order valence-electron chi connectivity index (χ0n) is 9.84. The summed E-state index contributed by atoms with van der Waals surface area (Å²) in [5, 5.41) is 0. The molecule has 0 aliphatic rings. The predicted octanol–water partition coefficient (Wildman–Crippen LogP) is 5.15. The van der Waals surface area contributed by atoms with Gasteiger partial charge in [-0.25, -0.2) is 4.39 Å². The fraction of sp³-hybridized carbons (Fsp3) is 0.0667. The van der Waals surface area contributed by atoms with Gasteiger partial charge in [0.1, 0.15) is 5.82 Å². The minimum Gasteiger partial charge on any atom is -0.206 e. The molecule has 19 heavy (non-hydrogen) atoms. The van der Waals surface area contributed by atoms with Crippen LogP contribution in [0.3, 0.4) is 0 Å². The van der Waals surface area contributed by atoms with Crippen LogP contribution >= 0.6 is 0 Å². The fourth-order valence-electron chi connectivity index (χ4n) is 1.73. The number of alkyl halides is 3. The van der Waals surface area contributed by atoms with Gasteiger partial charge in [-0.2, -0.15) is 13.2 Å². The van der Waals surface area contributed by atoms with Gasteiger partial charge in [-0.3, -0.25) is 0 Å². The van der Waals surface area contributed by atoms with E-state index in [-0.39, 0.29) is 5.56 Å². The lowest BCUT2D eigenvalue weighted by Crippen LogP contribution is -2.04. The van der Waals surface area contributed by atoms with Crippen molar-refractivity contribution in [2.75, 3.05) is 0 Å². The molecule has 2 rings (SSSR count). The quantitative estimate of drug-likeness (QED) is 0.659. The maximum Gasteiger partial charge on any atom is 0.416 e. The van der Waals surface area contributed by atoms with Gasteiger partial charge in [0.05, 0.1) is 5.56 Å². The number of hydrogen-bond acceptors (Lipinski definition) is 0. The van der Waals surface area contributed by atoms with E-state index in [0.717, 1.165) is 12.1 Å². The Kier molecular flexibility index (Phi) is 3.42. The van der Waals surface area contributed by atoms with Crippen LogP contribution < -0.4 is 0 Å². The lowest BCUT2D eigenvalue weighted by Gasteiger charge is -2.08. The average molecular weight is 266 g/mol. The van der Waals surface area contributed by atoms with E-state index in [1.54, 1.807) is 6.07 Å². The van der Waals surface area contributed by atoms with Crippen molar-refractivity contribution < 1.29 is 17.6 Å². The molecule has 98 valence electrons. The molecule has 0 spiro atoms. The van der Waals surface area contributed by atoms with Crippen molar-refractivity contribution in [3.8, 4) is 11.1 Å². The fourth-order valence-corrected chi connectivity index (χ4v) is 1.73. The topological polar surface area (TPSA) is 0 Å². The largest absolute Gasteiger partial charge is 0.416 e. The van der Waals surface area contributed by atoms with Crippen molar-refractivity contribution in [2.45, 2.75) is 6.18 Å². The summed E-state index contributed by atoms with van der Waals surface area (Å²) in [6, 6.07) is 8.87. The van der Waals surface area contributed by atoms with E-state index in [2.05, 4.69) is 6.58 Å². The first kappa shape index (κ1) is 13.3. The van der Waals surface area contributed by atoms with E-state index < -0.39 is 17.6 Å². The van der Waals surface area contributed by atoms with Crippen LogP contribution in [0.25, 0.3) is 17.2 Å². The lowest BCUT2D eigenvalue weighted by atomic mass is 10.0. The molecule has 0 heterocycles. The van der Waals surface area contributed by atoms with Crippen LogP contribution in [-0.4, -0.2) is 0 Å². The SMILES string of the molecule is C=Cc1ccc(-c2ccc(C(F)(F)F)cc2)c(F)c1. The molecule has 0 amide bonds. The molecule has 2 aromatic carbocycles. The average Bonchev–Trinajstić information content (AvgIpc) is 2.37. The minimum atomic E-state index is -4.39. The highest BCUT2D eigenvalue weighted by Gasteiger charge is 2.30. The highest BCUT2D eigenvalue weighted by atomic mass is 19.4. The summed E-state index contributed by atoms with van der Waals surface area (Å²) in [6.07, 6.45) is -2.89. The van der Waals surface area contributed by atoms with Gasteiger partial charge in [-0.15, -0.1) is 0 Å². The van der Waals surface area contributed by atoms with Gasteiger partial charge in [0.2, 0.25) is 0 Å². The van der Waals surface area contributed by atoms with Crippen molar-refractivity contribution in [3.63, 3.8) is 0 Å². The predicted molar refractivity (Wildman–Crippen MR) is 66.9 cm³/mol. The smallest absolute Gasteiger partial charge is 0.206 e. The summed E-state index contributed by atoms with van der Waals surface area (Å²) in [7, 11) is 0. The maximum absolute atomic E-state index is 13.8. The highest BCUT2D eigenvalue weighted by Crippen LogP contribution is 2.31. The van der Waals surface area contributed by atoms with Crippen LogP contribution in [-0.2, 0) is 6.18 Å². The van der Waals surface area contributed by atoms with Gasteiger partial charge in [-0.05, 0) is 29.3 Å². The summed E-state index contributed by atoms with van der Waals surface area (Å²) >= 11 is 0. The zero-order chi connectivity index (χ0) is 14.0. The van der Waals surface area contributed by atoms with E-state index in [0.29, 0.717) is 11.1 Å². The van der Waals surface area contributed by atoms with Crippen molar-refractivity contribution in [2.24, 2.45) is 0 Å². The molecule has 0 atom stereocenters. The van der Waals surface area contributed by atoms with Crippen molar-refractivity contribution >= 4 is 6.08 Å². The summed E-state index contributed by atoms with van der Waals surface area (Å²) in [6.45, 7) is 3.52. The third-order valence-corrected chi connectivity index (χ3v) is 2.75. The van der Waals surface area contributed by atoms with Crippen molar-refractivity contribution in [3.05, 3.63) is 66.0 Å². The third kappa shape index (κ3) is 2.84. The van der Waals surface area contributed by atoms with Gasteiger partial charge in [0.25, 0.3) is 0 Å². The molecule has 0 nitrogen and oxygen atoms in total. The zero-order valence-corrected chi connectivity index (χ0v) is 9.84. The van der Waals surface area contributed by atoms with E-state index in [4.69, 9.17) is 0 Å². The molecule has 0 fully saturated rings. The molecule has 0 aliphatic heterocycles. The molecule has 0 N–H and O–H groups in total. The van der Waals surface area contributed by atoms with Crippen LogP contribution in [0.2, 0.25) is 0 Å². The first-order chi connectivity index (χ1) is 8.91. The van der Waals surface area contributed by atoms with Crippen molar-refractivity contribution in [1.29, 1.82) is 0 Å². The van der Waals surface area contributed by atoms with Gasteiger partial charge in [0.15, 0.2) is 0 Å². The molecule has 0 unspecified atom stereocenters. The Morgan fingerprint density at radius 1 is 0.947 bits per heavy atom. The lowest BCUT2D eigenvalue weighted by molar-refractivity contribution is -0.137. The molecule has 0 aliphatic carbocycles. The van der Waals surface area contributed by atoms with Crippen LogP contribution in [0, 0.1) is 5.82 Å². The Labute approximate surface area is 108 Å². The summed E-state index contributed by atoms with van der Waals surface area (Å²) in [5.74, 6) is -0.489. The second kappa shape index (κ2) is 4.88. The Hall–Kier alpha value is -2.10. The molecule has 2 aromatic rings. The summed E-state index contributed by atoms with van der Waals surface area (Å²) in [5.41, 5.74) is 0.535. The first-order valence-corrected chi connectivity index (χ1v) is 5.51. The third-order valence-electron chi connectivity index (χ3n) is 2.75. The molecule has 4 heteroatoms. The van der Waals surface area contributed by atoms with E-state index in [9.17, 15) is 17.6 Å². The monoisotopic (exact) mass is 266 g/mol. The Morgan fingerprint density at radius 3 is 2.05 bits per heavy atom. The van der Waals surface area contributed by atoms with Gasteiger partial charge < -0.3 is 0 Å². The van der Waals surface area contributed by atoms with Gasteiger partial charge in [-0.1, -0.05) is 36.9 Å². The molecule has 0 aromatic heterocycles. The molecular formula is C15H10F4. The summed E-state index contributed by atoms with van der Waals surface area (Å²) in [4.78, 5) is 0. The van der Waals surface area contributed by atoms with E-state index in [1.165, 1.54) is 30.3 Å². The maximum atomic E-state index is 13.8.